The van der Waals surface area contributed by atoms with Crippen LogP contribution >= 0.6 is 11.6 Å². The molecule has 0 saturated carbocycles. The van der Waals surface area contributed by atoms with Crippen molar-refractivity contribution >= 4 is 29.2 Å². The van der Waals surface area contributed by atoms with Gasteiger partial charge in [-0.15, -0.1) is 0 Å². The number of amides is 1. The topological polar surface area (TPSA) is 79.3 Å². The van der Waals surface area contributed by atoms with E-state index in [1.54, 1.807) is 30.3 Å². The van der Waals surface area contributed by atoms with E-state index >= 15 is 0 Å². The van der Waals surface area contributed by atoms with Crippen LogP contribution in [0.2, 0.25) is 5.15 Å². The van der Waals surface area contributed by atoms with Crippen molar-refractivity contribution in [3.63, 3.8) is 0 Å². The van der Waals surface area contributed by atoms with E-state index in [1.165, 1.54) is 6.20 Å². The van der Waals surface area contributed by atoms with E-state index in [0.29, 0.717) is 12.1 Å². The van der Waals surface area contributed by atoms with Gasteiger partial charge in [-0.05, 0) is 36.2 Å². The highest BCUT2D eigenvalue weighted by Crippen LogP contribution is 2.16. The van der Waals surface area contributed by atoms with Gasteiger partial charge in [0.15, 0.2) is 0 Å². The number of hydrogen-bond acceptors (Lipinski definition) is 3. The molecule has 5 nitrogen and oxygen atoms in total. The lowest BCUT2D eigenvalue weighted by Gasteiger charge is -2.07. The number of rotatable bonds is 5. The summed E-state index contributed by atoms with van der Waals surface area (Å²) in [6.45, 7) is 0. The number of halogens is 1. The van der Waals surface area contributed by atoms with E-state index in [9.17, 15) is 9.59 Å². The molecule has 0 radical (unpaired) electrons. The van der Waals surface area contributed by atoms with Crippen LogP contribution in [0.4, 0.5) is 5.69 Å². The van der Waals surface area contributed by atoms with Crippen LogP contribution in [-0.4, -0.2) is 22.0 Å². The quantitative estimate of drug-likeness (QED) is 0.832. The van der Waals surface area contributed by atoms with E-state index < -0.39 is 5.97 Å². The third kappa shape index (κ3) is 4.29. The van der Waals surface area contributed by atoms with Crippen molar-refractivity contribution in [3.8, 4) is 0 Å². The van der Waals surface area contributed by atoms with Gasteiger partial charge in [-0.3, -0.25) is 9.59 Å². The first-order chi connectivity index (χ1) is 10.1. The molecule has 0 saturated heterocycles. The van der Waals surface area contributed by atoms with Crippen LogP contribution in [0.3, 0.4) is 0 Å². The van der Waals surface area contributed by atoms with Crippen LogP contribution in [-0.2, 0) is 11.2 Å². The number of aromatic nitrogens is 1. The van der Waals surface area contributed by atoms with Crippen molar-refractivity contribution < 1.29 is 14.7 Å². The molecule has 0 spiro atoms. The molecule has 2 rings (SSSR count). The van der Waals surface area contributed by atoms with Crippen LogP contribution in [0.1, 0.15) is 22.3 Å². The molecule has 0 bridgehead atoms. The lowest BCUT2D eigenvalue weighted by molar-refractivity contribution is -0.136. The Bertz CT molecular complexity index is 673. The molecule has 1 amide bonds. The summed E-state index contributed by atoms with van der Waals surface area (Å²) < 4.78 is 0. The minimum atomic E-state index is -0.855. The zero-order chi connectivity index (χ0) is 15.2. The molecule has 0 atom stereocenters. The summed E-state index contributed by atoms with van der Waals surface area (Å²) in [7, 11) is 0. The van der Waals surface area contributed by atoms with E-state index in [0.717, 1.165) is 5.56 Å². The zero-order valence-electron chi connectivity index (χ0n) is 11.0. The normalized spacial score (nSPS) is 10.1. The molecular weight excluding hydrogens is 292 g/mol. The number of carbonyl (C=O) groups is 2. The summed E-state index contributed by atoms with van der Waals surface area (Å²) in [5.41, 5.74) is 1.71. The fourth-order valence-corrected chi connectivity index (χ4v) is 2.01. The number of benzene rings is 1. The third-order valence-corrected chi connectivity index (χ3v) is 3.12. The number of pyridine rings is 1. The highest BCUT2D eigenvalue weighted by Gasteiger charge is 2.11. The van der Waals surface area contributed by atoms with Crippen molar-refractivity contribution in [2.45, 2.75) is 12.8 Å². The molecular formula is C15H13ClN2O3. The van der Waals surface area contributed by atoms with Gasteiger partial charge in [0.25, 0.3) is 5.91 Å². The minimum absolute atomic E-state index is 0.0475. The lowest BCUT2D eigenvalue weighted by Crippen LogP contribution is -2.13. The summed E-state index contributed by atoms with van der Waals surface area (Å²) in [6, 6.07) is 10.3. The summed E-state index contributed by atoms with van der Waals surface area (Å²) >= 11 is 5.86. The van der Waals surface area contributed by atoms with Crippen LogP contribution in [0.5, 0.6) is 0 Å². The Morgan fingerprint density at radius 1 is 1.24 bits per heavy atom. The summed E-state index contributed by atoms with van der Waals surface area (Å²) in [5, 5.41) is 11.5. The largest absolute Gasteiger partial charge is 0.481 e. The van der Waals surface area contributed by atoms with Crippen molar-refractivity contribution in [1.29, 1.82) is 0 Å². The molecule has 0 aliphatic heterocycles. The first-order valence-electron chi connectivity index (χ1n) is 6.29. The molecule has 0 fully saturated rings. The molecule has 0 aliphatic carbocycles. The van der Waals surface area contributed by atoms with Gasteiger partial charge in [-0.25, -0.2) is 4.98 Å². The molecule has 21 heavy (non-hydrogen) atoms. The molecule has 2 aromatic rings. The lowest BCUT2D eigenvalue weighted by atomic mass is 10.1. The maximum atomic E-state index is 12.1. The van der Waals surface area contributed by atoms with E-state index in [-0.39, 0.29) is 23.0 Å². The second-order valence-electron chi connectivity index (χ2n) is 4.39. The predicted molar refractivity (Wildman–Crippen MR) is 79.6 cm³/mol. The van der Waals surface area contributed by atoms with Crippen molar-refractivity contribution in [2.24, 2.45) is 0 Å². The standard InChI is InChI=1S/C15H13ClN2O3/c16-14-12(5-2-8-17-14)15(21)18-11-4-1-3-10(9-11)6-7-13(19)20/h1-5,8-9H,6-7H2,(H,18,21)(H,19,20). The SMILES string of the molecule is O=C(O)CCc1cccc(NC(=O)c2cccnc2Cl)c1. The third-order valence-electron chi connectivity index (χ3n) is 2.82. The van der Waals surface area contributed by atoms with Gasteiger partial charge in [-0.2, -0.15) is 0 Å². The highest BCUT2D eigenvalue weighted by molar-refractivity contribution is 6.33. The molecule has 6 heteroatoms. The average Bonchev–Trinajstić information content (AvgIpc) is 2.46. The Morgan fingerprint density at radius 3 is 2.76 bits per heavy atom. The minimum Gasteiger partial charge on any atom is -0.481 e. The summed E-state index contributed by atoms with van der Waals surface area (Å²) in [6.07, 6.45) is 1.96. The first kappa shape index (κ1) is 15.0. The van der Waals surface area contributed by atoms with Gasteiger partial charge < -0.3 is 10.4 Å². The van der Waals surface area contributed by atoms with Gasteiger partial charge in [0.1, 0.15) is 5.15 Å². The highest BCUT2D eigenvalue weighted by atomic mass is 35.5. The van der Waals surface area contributed by atoms with Gasteiger partial charge in [-0.1, -0.05) is 23.7 Å². The Labute approximate surface area is 126 Å². The number of aliphatic carboxylic acids is 1. The van der Waals surface area contributed by atoms with Crippen molar-refractivity contribution in [2.75, 3.05) is 5.32 Å². The molecule has 2 N–H and O–H groups in total. The average molecular weight is 305 g/mol. The van der Waals surface area contributed by atoms with Crippen LogP contribution in [0, 0.1) is 0 Å². The smallest absolute Gasteiger partial charge is 0.303 e. The Morgan fingerprint density at radius 2 is 2.05 bits per heavy atom. The first-order valence-corrected chi connectivity index (χ1v) is 6.66. The predicted octanol–water partition coefficient (Wildman–Crippen LogP) is 3.00. The summed E-state index contributed by atoms with van der Waals surface area (Å²) in [5.74, 6) is -1.21. The van der Waals surface area contributed by atoms with Gasteiger partial charge in [0, 0.05) is 18.3 Å². The van der Waals surface area contributed by atoms with E-state index in [4.69, 9.17) is 16.7 Å². The van der Waals surface area contributed by atoms with Gasteiger partial charge >= 0.3 is 5.97 Å². The number of anilines is 1. The van der Waals surface area contributed by atoms with E-state index in [1.807, 2.05) is 6.07 Å². The molecule has 108 valence electrons. The second kappa shape index (κ2) is 6.85. The monoisotopic (exact) mass is 304 g/mol. The number of hydrogen-bond donors (Lipinski definition) is 2. The van der Waals surface area contributed by atoms with Gasteiger partial charge in [0.05, 0.1) is 5.56 Å². The Balaban J connectivity index is 2.09. The number of carbonyl (C=O) groups excluding carboxylic acids is 1. The van der Waals surface area contributed by atoms with Gasteiger partial charge in [0.2, 0.25) is 0 Å². The number of nitrogens with zero attached hydrogens (tertiary/aromatic N) is 1. The number of nitrogens with one attached hydrogen (secondary N) is 1. The van der Waals surface area contributed by atoms with Crippen LogP contribution < -0.4 is 5.32 Å². The molecule has 1 aromatic heterocycles. The number of aryl methyl sites for hydroxylation is 1. The Hall–Kier alpha value is -2.40. The van der Waals surface area contributed by atoms with Crippen molar-refractivity contribution in [1.82, 2.24) is 4.98 Å². The molecule has 1 heterocycles. The van der Waals surface area contributed by atoms with Crippen LogP contribution in [0.15, 0.2) is 42.6 Å². The fraction of sp³-hybridized carbons (Fsp3) is 0.133. The number of carboxylic acid groups (broad SMARTS) is 1. The molecule has 0 aliphatic rings. The van der Waals surface area contributed by atoms with Crippen LogP contribution in [0.25, 0.3) is 0 Å². The zero-order valence-corrected chi connectivity index (χ0v) is 11.8. The number of carboxylic acids is 1. The summed E-state index contributed by atoms with van der Waals surface area (Å²) in [4.78, 5) is 26.5. The fourth-order valence-electron chi connectivity index (χ4n) is 1.81. The maximum Gasteiger partial charge on any atom is 0.303 e. The second-order valence-corrected chi connectivity index (χ2v) is 4.75. The Kier molecular flexibility index (Phi) is 4.90. The van der Waals surface area contributed by atoms with E-state index in [2.05, 4.69) is 10.3 Å². The molecule has 0 unspecified atom stereocenters. The van der Waals surface area contributed by atoms with Crippen molar-refractivity contribution in [3.05, 3.63) is 58.9 Å². The maximum absolute atomic E-state index is 12.1. The molecule has 1 aromatic carbocycles.